The van der Waals surface area contributed by atoms with Gasteiger partial charge in [-0.2, -0.15) is 9.78 Å². The number of carboxylic acid groups (broad SMARTS) is 1. The maximum atomic E-state index is 12.5. The number of nitrogens with zero attached hydrogens (tertiary/aromatic N) is 3. The fourth-order valence-corrected chi connectivity index (χ4v) is 2.62. The van der Waals surface area contributed by atoms with Gasteiger partial charge in [0.05, 0.1) is 23.5 Å². The Balaban J connectivity index is 2.40. The van der Waals surface area contributed by atoms with E-state index in [0.717, 1.165) is 10.2 Å². The van der Waals surface area contributed by atoms with E-state index in [4.69, 9.17) is 28.3 Å². The van der Waals surface area contributed by atoms with Crippen molar-refractivity contribution in [3.05, 3.63) is 50.4 Å². The Kier molecular flexibility index (Phi) is 5.51. The number of hydrogen-bond donors (Lipinski definition) is 1. The molecule has 0 amide bonds. The Hall–Kier alpha value is -2.05. The van der Waals surface area contributed by atoms with Gasteiger partial charge >= 0.3 is 5.97 Å². The van der Waals surface area contributed by atoms with Crippen molar-refractivity contribution in [3.63, 3.8) is 0 Å². The van der Waals surface area contributed by atoms with E-state index in [1.165, 1.54) is 6.20 Å². The number of aryl methyl sites for hydroxylation is 1. The molecule has 2 rings (SSSR count). The molecular formula is C16H17Cl2N3O3. The molecule has 8 heteroatoms. The molecule has 1 atom stereocenters. The van der Waals surface area contributed by atoms with E-state index < -0.39 is 17.4 Å². The largest absolute Gasteiger partial charge is 0.481 e. The summed E-state index contributed by atoms with van der Waals surface area (Å²) in [4.78, 5) is 25.1. The summed E-state index contributed by atoms with van der Waals surface area (Å²) >= 11 is 12.3. The molecule has 0 saturated carbocycles. The molecule has 0 saturated heterocycles. The molecule has 0 aliphatic heterocycles. The van der Waals surface area contributed by atoms with Crippen molar-refractivity contribution < 1.29 is 9.90 Å². The molecule has 1 unspecified atom stereocenters. The first-order chi connectivity index (χ1) is 11.2. The van der Waals surface area contributed by atoms with Crippen LogP contribution in [-0.2, 0) is 4.79 Å². The number of hydrogen-bond acceptors (Lipinski definition) is 4. The predicted octanol–water partition coefficient (Wildman–Crippen LogP) is 3.00. The van der Waals surface area contributed by atoms with Crippen LogP contribution in [0, 0.1) is 12.8 Å². The fourth-order valence-electron chi connectivity index (χ4n) is 2.17. The van der Waals surface area contributed by atoms with Crippen LogP contribution >= 0.6 is 23.2 Å². The van der Waals surface area contributed by atoms with Crippen LogP contribution in [0.25, 0.3) is 5.69 Å². The summed E-state index contributed by atoms with van der Waals surface area (Å²) in [5.41, 5.74) is 1.28. The van der Waals surface area contributed by atoms with Gasteiger partial charge in [-0.05, 0) is 24.6 Å². The van der Waals surface area contributed by atoms with Gasteiger partial charge < -0.3 is 10.0 Å². The highest BCUT2D eigenvalue weighted by Gasteiger charge is 2.18. The number of rotatable bonds is 5. The van der Waals surface area contributed by atoms with Crippen LogP contribution in [0.5, 0.6) is 0 Å². The summed E-state index contributed by atoms with van der Waals surface area (Å²) in [5, 5.41) is 13.6. The van der Waals surface area contributed by atoms with Crippen LogP contribution in [0.1, 0.15) is 12.5 Å². The zero-order chi connectivity index (χ0) is 18.0. The molecule has 2 aromatic rings. The zero-order valence-corrected chi connectivity index (χ0v) is 15.0. The van der Waals surface area contributed by atoms with Crippen molar-refractivity contribution in [3.8, 4) is 5.69 Å². The normalized spacial score (nSPS) is 12.0. The van der Waals surface area contributed by atoms with E-state index in [2.05, 4.69) is 5.10 Å². The third-order valence-electron chi connectivity index (χ3n) is 3.68. The van der Waals surface area contributed by atoms with Crippen LogP contribution in [0.4, 0.5) is 5.69 Å². The molecule has 0 aliphatic rings. The number of aliphatic carboxylic acids is 1. The van der Waals surface area contributed by atoms with Crippen molar-refractivity contribution in [1.82, 2.24) is 9.78 Å². The van der Waals surface area contributed by atoms with Crippen molar-refractivity contribution in [2.75, 3.05) is 18.5 Å². The molecule has 1 N–H and O–H groups in total. The predicted molar refractivity (Wildman–Crippen MR) is 94.7 cm³/mol. The molecule has 6 nitrogen and oxygen atoms in total. The van der Waals surface area contributed by atoms with Gasteiger partial charge in [0.25, 0.3) is 5.56 Å². The summed E-state index contributed by atoms with van der Waals surface area (Å²) in [5.74, 6) is -1.53. The minimum atomic E-state index is -0.923. The monoisotopic (exact) mass is 369 g/mol. The third-order valence-corrected chi connectivity index (χ3v) is 4.44. The van der Waals surface area contributed by atoms with Gasteiger partial charge in [-0.25, -0.2) is 0 Å². The second-order valence-corrected chi connectivity index (χ2v) is 6.40. The highest BCUT2D eigenvalue weighted by molar-refractivity contribution is 6.33. The third kappa shape index (κ3) is 3.71. The average Bonchev–Trinajstić information content (AvgIpc) is 2.52. The Morgan fingerprint density at radius 2 is 2.08 bits per heavy atom. The highest BCUT2D eigenvalue weighted by Crippen LogP contribution is 2.23. The van der Waals surface area contributed by atoms with E-state index in [9.17, 15) is 9.59 Å². The van der Waals surface area contributed by atoms with Gasteiger partial charge in [-0.3, -0.25) is 9.59 Å². The van der Waals surface area contributed by atoms with Crippen molar-refractivity contribution >= 4 is 34.9 Å². The van der Waals surface area contributed by atoms with Gasteiger partial charge in [-0.15, -0.1) is 0 Å². The lowest BCUT2D eigenvalue weighted by atomic mass is 10.1. The lowest BCUT2D eigenvalue weighted by Crippen LogP contribution is -2.31. The standard InChI is InChI=1S/C16H17Cl2N3O3/c1-9-4-5-11(6-12(9)17)21-15(22)14(18)13(7-19-21)20(3)8-10(2)16(23)24/h4-7,10H,8H2,1-3H3,(H,23,24). The molecule has 24 heavy (non-hydrogen) atoms. The molecule has 0 aliphatic carbocycles. The molecule has 0 spiro atoms. The van der Waals surface area contributed by atoms with Crippen LogP contribution < -0.4 is 10.5 Å². The Bertz CT molecular complexity index is 836. The summed E-state index contributed by atoms with van der Waals surface area (Å²) in [7, 11) is 1.66. The van der Waals surface area contributed by atoms with Gasteiger partial charge in [0, 0.05) is 18.6 Å². The maximum absolute atomic E-state index is 12.5. The number of benzene rings is 1. The summed E-state index contributed by atoms with van der Waals surface area (Å²) in [6, 6.07) is 5.15. The van der Waals surface area contributed by atoms with E-state index in [1.54, 1.807) is 37.1 Å². The molecular weight excluding hydrogens is 353 g/mol. The second kappa shape index (κ2) is 7.23. The molecule has 128 valence electrons. The molecule has 1 heterocycles. The Morgan fingerprint density at radius 3 is 2.67 bits per heavy atom. The maximum Gasteiger partial charge on any atom is 0.308 e. The fraction of sp³-hybridized carbons (Fsp3) is 0.312. The number of anilines is 1. The zero-order valence-electron chi connectivity index (χ0n) is 13.5. The van der Waals surface area contributed by atoms with Gasteiger partial charge in [0.15, 0.2) is 0 Å². The molecule has 1 aromatic heterocycles. The number of aromatic nitrogens is 2. The number of carbonyl (C=O) groups is 1. The first kappa shape index (κ1) is 18.3. The summed E-state index contributed by atoms with van der Waals surface area (Å²) in [6.07, 6.45) is 1.44. The average molecular weight is 370 g/mol. The lowest BCUT2D eigenvalue weighted by Gasteiger charge is -2.22. The first-order valence-corrected chi connectivity index (χ1v) is 7.96. The van der Waals surface area contributed by atoms with Crippen LogP contribution in [0.2, 0.25) is 10.0 Å². The summed E-state index contributed by atoms with van der Waals surface area (Å²) in [6.45, 7) is 3.64. The molecule has 0 fully saturated rings. The quantitative estimate of drug-likeness (QED) is 0.876. The van der Waals surface area contributed by atoms with Crippen molar-refractivity contribution in [2.45, 2.75) is 13.8 Å². The van der Waals surface area contributed by atoms with Crippen LogP contribution in [0.3, 0.4) is 0 Å². The molecule has 0 bridgehead atoms. The highest BCUT2D eigenvalue weighted by atomic mass is 35.5. The second-order valence-electron chi connectivity index (χ2n) is 5.61. The SMILES string of the molecule is Cc1ccc(-n2ncc(N(C)CC(C)C(=O)O)c(Cl)c2=O)cc1Cl. The minimum Gasteiger partial charge on any atom is -0.481 e. The summed E-state index contributed by atoms with van der Waals surface area (Å²) < 4.78 is 1.16. The first-order valence-electron chi connectivity index (χ1n) is 7.20. The Morgan fingerprint density at radius 1 is 1.42 bits per heavy atom. The number of carboxylic acids is 1. The van der Waals surface area contributed by atoms with Crippen molar-refractivity contribution in [2.24, 2.45) is 5.92 Å². The van der Waals surface area contributed by atoms with E-state index >= 15 is 0 Å². The smallest absolute Gasteiger partial charge is 0.308 e. The van der Waals surface area contributed by atoms with E-state index in [-0.39, 0.29) is 11.6 Å². The van der Waals surface area contributed by atoms with Gasteiger partial charge in [-0.1, -0.05) is 36.2 Å². The van der Waals surface area contributed by atoms with Gasteiger partial charge in [0.2, 0.25) is 0 Å². The topological polar surface area (TPSA) is 75.4 Å². The minimum absolute atomic E-state index is 0.0261. The van der Waals surface area contributed by atoms with Crippen LogP contribution in [-0.4, -0.2) is 34.4 Å². The number of halogens is 2. The molecule has 0 radical (unpaired) electrons. The van der Waals surface area contributed by atoms with E-state index in [1.807, 2.05) is 6.92 Å². The van der Waals surface area contributed by atoms with Gasteiger partial charge in [0.1, 0.15) is 5.02 Å². The van der Waals surface area contributed by atoms with Crippen molar-refractivity contribution in [1.29, 1.82) is 0 Å². The van der Waals surface area contributed by atoms with E-state index in [0.29, 0.717) is 16.4 Å². The van der Waals surface area contributed by atoms with Crippen LogP contribution in [0.15, 0.2) is 29.2 Å². The Labute approximate surface area is 149 Å². The molecule has 1 aromatic carbocycles. The lowest BCUT2D eigenvalue weighted by molar-refractivity contribution is -0.140.